The Labute approximate surface area is 194 Å². The number of nitrogens with one attached hydrogen (secondary N) is 1. The van der Waals surface area contributed by atoms with E-state index in [1.165, 1.54) is 16.9 Å². The summed E-state index contributed by atoms with van der Waals surface area (Å²) in [5, 5.41) is 14.2. The first kappa shape index (κ1) is 22.5. The van der Waals surface area contributed by atoms with E-state index in [-0.39, 0.29) is 34.4 Å². The lowest BCUT2D eigenvalue weighted by Gasteiger charge is -2.12. The van der Waals surface area contributed by atoms with Crippen LogP contribution in [0.15, 0.2) is 69.2 Å². The Morgan fingerprint density at radius 3 is 2.82 bits per heavy atom. The molecule has 2 aromatic heterocycles. The van der Waals surface area contributed by atoms with Gasteiger partial charge in [0.05, 0.1) is 40.1 Å². The maximum atomic E-state index is 14.0. The summed E-state index contributed by atoms with van der Waals surface area (Å²) in [6.45, 7) is 0.0842. The summed E-state index contributed by atoms with van der Waals surface area (Å²) in [6.07, 6.45) is 1.47. The summed E-state index contributed by atoms with van der Waals surface area (Å²) in [4.78, 5) is 40.2. The van der Waals surface area contributed by atoms with Gasteiger partial charge in [0.1, 0.15) is 11.6 Å². The van der Waals surface area contributed by atoms with Crippen LogP contribution in [0.3, 0.4) is 0 Å². The lowest BCUT2D eigenvalue weighted by Crippen LogP contribution is -2.24. The van der Waals surface area contributed by atoms with Gasteiger partial charge < -0.3 is 9.73 Å². The van der Waals surface area contributed by atoms with Crippen molar-refractivity contribution in [2.24, 2.45) is 0 Å². The zero-order chi connectivity index (χ0) is 23.5. The maximum absolute atomic E-state index is 14.0. The first-order valence-corrected chi connectivity index (χ1v) is 10.8. The molecular formula is C21H14ClFN4O5S. The van der Waals surface area contributed by atoms with Gasteiger partial charge in [0.25, 0.3) is 11.2 Å². The molecule has 168 valence electrons. The monoisotopic (exact) mass is 488 g/mol. The lowest BCUT2D eigenvalue weighted by molar-refractivity contribution is -0.384. The van der Waals surface area contributed by atoms with Gasteiger partial charge in [-0.05, 0) is 36.4 Å². The molecule has 0 radical (unpaired) electrons. The van der Waals surface area contributed by atoms with Crippen molar-refractivity contribution in [2.75, 3.05) is 11.1 Å². The summed E-state index contributed by atoms with van der Waals surface area (Å²) in [7, 11) is 0. The third kappa shape index (κ3) is 5.04. The highest BCUT2D eigenvalue weighted by atomic mass is 35.5. The number of amides is 1. The normalized spacial score (nSPS) is 11.0. The fourth-order valence-electron chi connectivity index (χ4n) is 3.02. The number of halogens is 2. The first-order valence-electron chi connectivity index (χ1n) is 9.41. The van der Waals surface area contributed by atoms with Gasteiger partial charge in [0, 0.05) is 17.2 Å². The van der Waals surface area contributed by atoms with Gasteiger partial charge in [0.2, 0.25) is 5.91 Å². The molecule has 0 bridgehead atoms. The minimum absolute atomic E-state index is 0.0842. The van der Waals surface area contributed by atoms with Crippen LogP contribution < -0.4 is 10.9 Å². The number of aromatic nitrogens is 2. The van der Waals surface area contributed by atoms with Crippen LogP contribution in [-0.2, 0) is 11.3 Å². The van der Waals surface area contributed by atoms with Crippen molar-refractivity contribution in [3.05, 3.63) is 91.9 Å². The van der Waals surface area contributed by atoms with E-state index in [9.17, 15) is 24.1 Å². The third-order valence-corrected chi connectivity index (χ3v) is 5.76. The van der Waals surface area contributed by atoms with Gasteiger partial charge in [-0.2, -0.15) is 0 Å². The fourth-order valence-corrected chi connectivity index (χ4v) is 3.99. The molecule has 33 heavy (non-hydrogen) atoms. The smallest absolute Gasteiger partial charge is 0.271 e. The van der Waals surface area contributed by atoms with Crippen molar-refractivity contribution in [1.82, 2.24) is 9.55 Å². The molecule has 4 rings (SSSR count). The highest BCUT2D eigenvalue weighted by Crippen LogP contribution is 2.24. The molecule has 0 unspecified atom stereocenters. The molecule has 0 aliphatic carbocycles. The number of hydrogen-bond donors (Lipinski definition) is 1. The van der Waals surface area contributed by atoms with E-state index in [4.69, 9.17) is 16.0 Å². The van der Waals surface area contributed by atoms with Crippen LogP contribution in [0.4, 0.5) is 15.8 Å². The molecule has 0 aliphatic heterocycles. The molecular weight excluding hydrogens is 475 g/mol. The number of fused-ring (bicyclic) bond motifs is 1. The van der Waals surface area contributed by atoms with Gasteiger partial charge in [-0.3, -0.25) is 24.3 Å². The number of nitro benzene ring substituents is 1. The Hall–Kier alpha value is -3.70. The number of hydrogen-bond acceptors (Lipinski definition) is 7. The number of nitro groups is 1. The van der Waals surface area contributed by atoms with Crippen LogP contribution in [0.25, 0.3) is 10.9 Å². The molecule has 0 spiro atoms. The number of rotatable bonds is 7. The summed E-state index contributed by atoms with van der Waals surface area (Å²) >= 11 is 6.97. The Balaban J connectivity index is 1.61. The second-order valence-corrected chi connectivity index (χ2v) is 8.16. The topological polar surface area (TPSA) is 120 Å². The molecule has 0 atom stereocenters. The predicted octanol–water partition coefficient (Wildman–Crippen LogP) is 4.47. The molecule has 1 amide bonds. The number of furan rings is 1. The second-order valence-electron chi connectivity index (χ2n) is 6.78. The van der Waals surface area contributed by atoms with E-state index < -0.39 is 16.6 Å². The van der Waals surface area contributed by atoms with Gasteiger partial charge in [-0.25, -0.2) is 9.37 Å². The van der Waals surface area contributed by atoms with Gasteiger partial charge in [-0.15, -0.1) is 0 Å². The summed E-state index contributed by atoms with van der Waals surface area (Å²) in [5.41, 5.74) is -0.669. The van der Waals surface area contributed by atoms with Crippen LogP contribution in [0, 0.1) is 15.9 Å². The van der Waals surface area contributed by atoms with E-state index >= 15 is 0 Å². The molecule has 0 aliphatic rings. The van der Waals surface area contributed by atoms with Crippen LogP contribution in [0.5, 0.6) is 0 Å². The minimum atomic E-state index is -0.813. The summed E-state index contributed by atoms with van der Waals surface area (Å²) in [6, 6.07) is 10.9. The Bertz CT molecular complexity index is 1420. The standard InChI is InChI=1S/C21H14ClFN4O5S/c22-12-3-5-15-17(8-12)25-21(26(20(15)29)10-14-2-1-7-32-14)33-11-19(28)24-18-9-13(27(30)31)4-6-16(18)23/h1-9H,10-11H2,(H,24,28). The van der Waals surface area contributed by atoms with Crippen LogP contribution in [0.2, 0.25) is 5.02 Å². The number of nitrogens with zero attached hydrogens (tertiary/aromatic N) is 3. The molecule has 1 N–H and O–H groups in total. The zero-order valence-electron chi connectivity index (χ0n) is 16.7. The number of carbonyl (C=O) groups is 1. The third-order valence-electron chi connectivity index (χ3n) is 4.54. The molecule has 0 saturated carbocycles. The minimum Gasteiger partial charge on any atom is -0.467 e. The molecule has 0 saturated heterocycles. The van der Waals surface area contributed by atoms with E-state index in [1.54, 1.807) is 24.3 Å². The van der Waals surface area contributed by atoms with Crippen molar-refractivity contribution in [2.45, 2.75) is 11.7 Å². The van der Waals surface area contributed by atoms with Crippen LogP contribution in [-0.4, -0.2) is 26.1 Å². The molecule has 2 heterocycles. The van der Waals surface area contributed by atoms with E-state index in [2.05, 4.69) is 10.3 Å². The number of thioether (sulfide) groups is 1. The lowest BCUT2D eigenvalue weighted by atomic mass is 10.2. The van der Waals surface area contributed by atoms with Crippen molar-refractivity contribution in [3.63, 3.8) is 0 Å². The second kappa shape index (κ2) is 9.43. The van der Waals surface area contributed by atoms with Gasteiger partial charge in [-0.1, -0.05) is 23.4 Å². The molecule has 0 fully saturated rings. The van der Waals surface area contributed by atoms with Crippen LogP contribution >= 0.6 is 23.4 Å². The Morgan fingerprint density at radius 2 is 2.09 bits per heavy atom. The van der Waals surface area contributed by atoms with Crippen molar-refractivity contribution < 1.29 is 18.5 Å². The molecule has 12 heteroatoms. The highest BCUT2D eigenvalue weighted by Gasteiger charge is 2.17. The largest absolute Gasteiger partial charge is 0.467 e. The maximum Gasteiger partial charge on any atom is 0.271 e. The number of non-ortho nitro benzene ring substituents is 1. The van der Waals surface area contributed by atoms with Crippen molar-refractivity contribution >= 4 is 51.5 Å². The van der Waals surface area contributed by atoms with E-state index in [1.807, 2.05) is 0 Å². The van der Waals surface area contributed by atoms with E-state index in [0.29, 0.717) is 21.7 Å². The number of anilines is 1. The number of carbonyl (C=O) groups excluding carboxylic acids is 1. The summed E-state index contributed by atoms with van der Waals surface area (Å²) in [5.74, 6) is -1.17. The number of benzene rings is 2. The SMILES string of the molecule is O=C(CSc1nc2cc(Cl)ccc2c(=O)n1Cc1ccco1)Nc1cc([N+](=O)[O-])ccc1F. The van der Waals surface area contributed by atoms with Crippen molar-refractivity contribution in [1.29, 1.82) is 0 Å². The fraction of sp³-hybridized carbons (Fsp3) is 0.0952. The van der Waals surface area contributed by atoms with Crippen LogP contribution in [0.1, 0.15) is 5.76 Å². The van der Waals surface area contributed by atoms with E-state index in [0.717, 1.165) is 30.0 Å². The van der Waals surface area contributed by atoms with Crippen molar-refractivity contribution in [3.8, 4) is 0 Å². The first-order chi connectivity index (χ1) is 15.8. The highest BCUT2D eigenvalue weighted by molar-refractivity contribution is 7.99. The molecule has 2 aromatic carbocycles. The average molecular weight is 489 g/mol. The zero-order valence-corrected chi connectivity index (χ0v) is 18.2. The predicted molar refractivity (Wildman–Crippen MR) is 121 cm³/mol. The Morgan fingerprint density at radius 1 is 1.27 bits per heavy atom. The summed E-state index contributed by atoms with van der Waals surface area (Å²) < 4.78 is 20.7. The Kier molecular flexibility index (Phi) is 6.43. The molecule has 9 nitrogen and oxygen atoms in total. The van der Waals surface area contributed by atoms with Gasteiger partial charge in [0.15, 0.2) is 5.16 Å². The molecule has 4 aromatic rings. The average Bonchev–Trinajstić information content (AvgIpc) is 3.29. The quantitative estimate of drug-likeness (QED) is 0.176. The van der Waals surface area contributed by atoms with Gasteiger partial charge >= 0.3 is 0 Å².